The predicted octanol–water partition coefficient (Wildman–Crippen LogP) is 2.18. The Hall–Kier alpha value is -1.05. The fourth-order valence-corrected chi connectivity index (χ4v) is 1.26. The third-order valence-electron chi connectivity index (χ3n) is 2.07. The average molecular weight is 179 g/mol. The third kappa shape index (κ3) is 3.45. The number of carbonyl (C=O) groups excluding carboxylic acids is 1. The minimum atomic E-state index is 0.0735. The first kappa shape index (κ1) is 10.0. The van der Waals surface area contributed by atoms with Crippen LogP contribution in [-0.2, 0) is 4.79 Å². The Morgan fingerprint density at radius 1 is 1.54 bits per heavy atom. The second-order valence-electron chi connectivity index (χ2n) is 3.25. The molecule has 0 saturated heterocycles. The fraction of sp³-hybridized carbons (Fsp3) is 0.545. The molecule has 1 amide bonds. The summed E-state index contributed by atoms with van der Waals surface area (Å²) in [4.78, 5) is 11.4. The fourth-order valence-electron chi connectivity index (χ4n) is 1.26. The highest BCUT2D eigenvalue weighted by Gasteiger charge is 2.06. The van der Waals surface area contributed by atoms with Crippen molar-refractivity contribution in [3.63, 3.8) is 0 Å². The maximum atomic E-state index is 11.4. The predicted molar refractivity (Wildman–Crippen MR) is 54.4 cm³/mol. The Morgan fingerprint density at radius 3 is 3.00 bits per heavy atom. The first-order valence-electron chi connectivity index (χ1n) is 4.99. The SMILES string of the molecule is CCCCNC(=O)C1=CCCC=C1. The van der Waals surface area contributed by atoms with Crippen molar-refractivity contribution in [2.24, 2.45) is 0 Å². The highest BCUT2D eigenvalue weighted by molar-refractivity contribution is 5.96. The van der Waals surface area contributed by atoms with Gasteiger partial charge in [0.15, 0.2) is 0 Å². The standard InChI is InChI=1S/C11H17NO/c1-2-3-9-12-11(13)10-7-5-4-6-8-10/h5,7-8H,2-4,6,9H2,1H3,(H,12,13). The van der Waals surface area contributed by atoms with Crippen molar-refractivity contribution in [3.05, 3.63) is 23.8 Å². The van der Waals surface area contributed by atoms with E-state index < -0.39 is 0 Å². The molecule has 13 heavy (non-hydrogen) atoms. The summed E-state index contributed by atoms with van der Waals surface area (Å²) in [6.07, 6.45) is 10.2. The van der Waals surface area contributed by atoms with Gasteiger partial charge in [0, 0.05) is 12.1 Å². The van der Waals surface area contributed by atoms with Crippen LogP contribution in [-0.4, -0.2) is 12.5 Å². The number of allylic oxidation sites excluding steroid dienone is 2. The van der Waals surface area contributed by atoms with E-state index in [1.54, 1.807) is 0 Å². The molecule has 0 spiro atoms. The highest BCUT2D eigenvalue weighted by atomic mass is 16.1. The minimum Gasteiger partial charge on any atom is -0.352 e. The maximum absolute atomic E-state index is 11.4. The first-order chi connectivity index (χ1) is 6.34. The van der Waals surface area contributed by atoms with Gasteiger partial charge >= 0.3 is 0 Å². The number of rotatable bonds is 4. The molecule has 1 aliphatic carbocycles. The molecule has 1 N–H and O–H groups in total. The van der Waals surface area contributed by atoms with Gasteiger partial charge in [-0.25, -0.2) is 0 Å². The van der Waals surface area contributed by atoms with E-state index in [4.69, 9.17) is 0 Å². The summed E-state index contributed by atoms with van der Waals surface area (Å²) in [6, 6.07) is 0. The highest BCUT2D eigenvalue weighted by Crippen LogP contribution is 2.09. The van der Waals surface area contributed by atoms with Crippen molar-refractivity contribution in [2.45, 2.75) is 32.6 Å². The second kappa shape index (κ2) is 5.57. The molecular weight excluding hydrogens is 162 g/mol. The van der Waals surface area contributed by atoms with Crippen LogP contribution >= 0.6 is 0 Å². The molecule has 0 radical (unpaired) electrons. The van der Waals surface area contributed by atoms with E-state index in [9.17, 15) is 4.79 Å². The van der Waals surface area contributed by atoms with E-state index in [0.29, 0.717) is 0 Å². The normalized spacial score (nSPS) is 15.3. The van der Waals surface area contributed by atoms with Gasteiger partial charge in [0.05, 0.1) is 0 Å². The molecule has 2 nitrogen and oxygen atoms in total. The molecule has 0 unspecified atom stereocenters. The van der Waals surface area contributed by atoms with Crippen LogP contribution in [0.2, 0.25) is 0 Å². The van der Waals surface area contributed by atoms with Crippen LogP contribution in [0.25, 0.3) is 0 Å². The Labute approximate surface area is 79.7 Å². The van der Waals surface area contributed by atoms with Gasteiger partial charge in [-0.2, -0.15) is 0 Å². The van der Waals surface area contributed by atoms with Crippen LogP contribution in [0, 0.1) is 0 Å². The van der Waals surface area contributed by atoms with Gasteiger partial charge in [-0.1, -0.05) is 31.6 Å². The molecule has 0 saturated carbocycles. The largest absolute Gasteiger partial charge is 0.352 e. The summed E-state index contributed by atoms with van der Waals surface area (Å²) in [5.74, 6) is 0.0735. The zero-order valence-electron chi connectivity index (χ0n) is 8.18. The van der Waals surface area contributed by atoms with Gasteiger partial charge in [0.2, 0.25) is 0 Å². The van der Waals surface area contributed by atoms with Crippen molar-refractivity contribution in [1.82, 2.24) is 5.32 Å². The van der Waals surface area contributed by atoms with Gasteiger partial charge in [-0.3, -0.25) is 4.79 Å². The topological polar surface area (TPSA) is 29.1 Å². The number of nitrogens with one attached hydrogen (secondary N) is 1. The van der Waals surface area contributed by atoms with E-state index in [2.05, 4.69) is 18.3 Å². The van der Waals surface area contributed by atoms with E-state index in [1.165, 1.54) is 0 Å². The molecular formula is C11H17NO. The molecule has 0 fully saturated rings. The van der Waals surface area contributed by atoms with E-state index in [0.717, 1.165) is 37.8 Å². The monoisotopic (exact) mass is 179 g/mol. The molecule has 0 aromatic heterocycles. The molecule has 1 aliphatic rings. The molecule has 72 valence electrons. The lowest BCUT2D eigenvalue weighted by Gasteiger charge is -2.07. The second-order valence-corrected chi connectivity index (χ2v) is 3.25. The van der Waals surface area contributed by atoms with Crippen molar-refractivity contribution < 1.29 is 4.79 Å². The van der Waals surface area contributed by atoms with Gasteiger partial charge in [0.25, 0.3) is 5.91 Å². The number of hydrogen-bond donors (Lipinski definition) is 1. The van der Waals surface area contributed by atoms with Crippen LogP contribution in [0.15, 0.2) is 23.8 Å². The summed E-state index contributed by atoms with van der Waals surface area (Å²) in [7, 11) is 0. The maximum Gasteiger partial charge on any atom is 0.250 e. The summed E-state index contributed by atoms with van der Waals surface area (Å²) < 4.78 is 0. The molecule has 0 aromatic carbocycles. The van der Waals surface area contributed by atoms with Crippen molar-refractivity contribution >= 4 is 5.91 Å². The lowest BCUT2D eigenvalue weighted by molar-refractivity contribution is -0.117. The summed E-state index contributed by atoms with van der Waals surface area (Å²) in [5.41, 5.74) is 0.822. The van der Waals surface area contributed by atoms with Crippen LogP contribution in [0.1, 0.15) is 32.6 Å². The van der Waals surface area contributed by atoms with Gasteiger partial charge in [0.1, 0.15) is 0 Å². The van der Waals surface area contributed by atoms with Crippen molar-refractivity contribution in [1.29, 1.82) is 0 Å². The summed E-state index contributed by atoms with van der Waals surface area (Å²) in [6.45, 7) is 2.91. The molecule has 2 heteroatoms. The van der Waals surface area contributed by atoms with Crippen LogP contribution in [0.5, 0.6) is 0 Å². The average Bonchev–Trinajstić information content (AvgIpc) is 2.19. The van der Waals surface area contributed by atoms with Crippen LogP contribution < -0.4 is 5.32 Å². The third-order valence-corrected chi connectivity index (χ3v) is 2.07. The number of carbonyl (C=O) groups is 1. The summed E-state index contributed by atoms with van der Waals surface area (Å²) >= 11 is 0. The van der Waals surface area contributed by atoms with E-state index in [1.807, 2.05) is 12.2 Å². The Bertz CT molecular complexity index is 228. The quantitative estimate of drug-likeness (QED) is 0.658. The molecule has 0 heterocycles. The molecule has 0 bridgehead atoms. The van der Waals surface area contributed by atoms with Gasteiger partial charge in [-0.15, -0.1) is 0 Å². The number of unbranched alkanes of at least 4 members (excludes halogenated alkanes) is 1. The smallest absolute Gasteiger partial charge is 0.250 e. The summed E-state index contributed by atoms with van der Waals surface area (Å²) in [5, 5.41) is 2.89. The Morgan fingerprint density at radius 2 is 2.38 bits per heavy atom. The van der Waals surface area contributed by atoms with E-state index >= 15 is 0 Å². The van der Waals surface area contributed by atoms with Gasteiger partial charge < -0.3 is 5.32 Å². The zero-order valence-corrected chi connectivity index (χ0v) is 8.18. The Balaban J connectivity index is 2.30. The van der Waals surface area contributed by atoms with Crippen LogP contribution in [0.3, 0.4) is 0 Å². The zero-order chi connectivity index (χ0) is 9.52. The van der Waals surface area contributed by atoms with E-state index in [-0.39, 0.29) is 5.91 Å². The van der Waals surface area contributed by atoms with Crippen molar-refractivity contribution in [3.8, 4) is 0 Å². The number of hydrogen-bond acceptors (Lipinski definition) is 1. The number of amides is 1. The van der Waals surface area contributed by atoms with Crippen LogP contribution in [0.4, 0.5) is 0 Å². The lowest BCUT2D eigenvalue weighted by atomic mass is 10.1. The molecule has 0 atom stereocenters. The minimum absolute atomic E-state index is 0.0735. The molecule has 0 aromatic rings. The molecule has 0 aliphatic heterocycles. The lowest BCUT2D eigenvalue weighted by Crippen LogP contribution is -2.25. The Kier molecular flexibility index (Phi) is 4.30. The van der Waals surface area contributed by atoms with Gasteiger partial charge in [-0.05, 0) is 19.3 Å². The van der Waals surface area contributed by atoms with Crippen molar-refractivity contribution in [2.75, 3.05) is 6.54 Å². The molecule has 1 rings (SSSR count). The first-order valence-corrected chi connectivity index (χ1v) is 4.99.